The van der Waals surface area contributed by atoms with Gasteiger partial charge in [0.1, 0.15) is 6.61 Å². The molecule has 1 aliphatic rings. The summed E-state index contributed by atoms with van der Waals surface area (Å²) in [7, 11) is 0. The molecule has 1 saturated heterocycles. The summed E-state index contributed by atoms with van der Waals surface area (Å²) < 4.78 is 5.01. The molecule has 1 atom stereocenters. The lowest BCUT2D eigenvalue weighted by molar-refractivity contribution is -0.136. The van der Waals surface area contributed by atoms with Gasteiger partial charge in [-0.2, -0.15) is 0 Å². The lowest BCUT2D eigenvalue weighted by atomic mass is 10.3. The molecule has 1 aliphatic heterocycles. The van der Waals surface area contributed by atoms with Crippen LogP contribution >= 0.6 is 0 Å². The Morgan fingerprint density at radius 2 is 2.50 bits per heavy atom. The molecule has 0 aromatic rings. The lowest BCUT2D eigenvalue weighted by Gasteiger charge is -2.20. The van der Waals surface area contributed by atoms with Crippen molar-refractivity contribution in [1.29, 1.82) is 0 Å². The van der Waals surface area contributed by atoms with E-state index < -0.39 is 0 Å². The first kappa shape index (κ1) is 9.48. The second-order valence-electron chi connectivity index (χ2n) is 2.93. The molecule has 0 spiro atoms. The third-order valence-electron chi connectivity index (χ3n) is 2.05. The van der Waals surface area contributed by atoms with Gasteiger partial charge in [0.05, 0.1) is 6.17 Å². The van der Waals surface area contributed by atoms with Gasteiger partial charge in [-0.05, 0) is 19.8 Å². The van der Waals surface area contributed by atoms with Gasteiger partial charge in [0.2, 0.25) is 5.91 Å². The van der Waals surface area contributed by atoms with Gasteiger partial charge in [0, 0.05) is 13.2 Å². The highest BCUT2D eigenvalue weighted by atomic mass is 16.5. The first-order chi connectivity index (χ1) is 5.75. The Hall–Kier alpha value is -0.610. The smallest absolute Gasteiger partial charge is 0.249 e. The third-order valence-corrected chi connectivity index (χ3v) is 2.05. The number of amides is 1. The lowest BCUT2D eigenvalue weighted by Crippen LogP contribution is -2.42. The summed E-state index contributed by atoms with van der Waals surface area (Å²) in [6.45, 7) is 3.41. The van der Waals surface area contributed by atoms with Crippen LogP contribution in [-0.2, 0) is 9.53 Å². The Morgan fingerprint density at radius 3 is 3.00 bits per heavy atom. The minimum atomic E-state index is -0.0852. The van der Waals surface area contributed by atoms with Gasteiger partial charge in [-0.15, -0.1) is 0 Å². The van der Waals surface area contributed by atoms with Crippen molar-refractivity contribution in [3.05, 3.63) is 0 Å². The number of nitrogens with two attached hydrogens (primary N) is 1. The summed E-state index contributed by atoms with van der Waals surface area (Å²) >= 11 is 0. The highest BCUT2D eigenvalue weighted by Crippen LogP contribution is 2.12. The average Bonchev–Trinajstić information content (AvgIpc) is 2.47. The molecule has 0 aromatic heterocycles. The van der Waals surface area contributed by atoms with Gasteiger partial charge >= 0.3 is 0 Å². The first-order valence-electron chi connectivity index (χ1n) is 4.38. The quantitative estimate of drug-likeness (QED) is 0.648. The van der Waals surface area contributed by atoms with E-state index in [1.54, 1.807) is 4.90 Å². The normalized spacial score (nSPS) is 23.2. The largest absolute Gasteiger partial charge is 0.372 e. The number of nitrogens with zero attached hydrogens (tertiary/aromatic N) is 1. The zero-order valence-corrected chi connectivity index (χ0v) is 7.45. The fraction of sp³-hybridized carbons (Fsp3) is 0.875. The molecule has 4 nitrogen and oxygen atoms in total. The number of carbonyl (C=O) groups is 1. The molecule has 1 fully saturated rings. The molecule has 1 rings (SSSR count). The zero-order valence-electron chi connectivity index (χ0n) is 7.45. The van der Waals surface area contributed by atoms with Gasteiger partial charge in [0.25, 0.3) is 0 Å². The van der Waals surface area contributed by atoms with Crippen LogP contribution in [0.5, 0.6) is 0 Å². The van der Waals surface area contributed by atoms with Crippen LogP contribution in [0.4, 0.5) is 0 Å². The molecule has 1 unspecified atom stereocenters. The van der Waals surface area contributed by atoms with Crippen molar-refractivity contribution in [2.45, 2.75) is 25.9 Å². The van der Waals surface area contributed by atoms with Gasteiger partial charge in [-0.3, -0.25) is 4.79 Å². The Labute approximate surface area is 72.7 Å². The van der Waals surface area contributed by atoms with Crippen molar-refractivity contribution < 1.29 is 9.53 Å². The van der Waals surface area contributed by atoms with E-state index in [-0.39, 0.29) is 18.7 Å². The van der Waals surface area contributed by atoms with Crippen molar-refractivity contribution in [3.63, 3.8) is 0 Å². The number of carbonyl (C=O) groups excluding carboxylic acids is 1. The Kier molecular flexibility index (Phi) is 3.49. The van der Waals surface area contributed by atoms with Gasteiger partial charge < -0.3 is 15.4 Å². The van der Waals surface area contributed by atoms with Crippen molar-refractivity contribution in [2.75, 3.05) is 19.8 Å². The summed E-state index contributed by atoms with van der Waals surface area (Å²) in [4.78, 5) is 13.0. The maximum atomic E-state index is 11.3. The molecular formula is C8H16N2O2. The first-order valence-corrected chi connectivity index (χ1v) is 4.38. The Morgan fingerprint density at radius 1 is 1.75 bits per heavy atom. The highest BCUT2D eigenvalue weighted by Gasteiger charge is 2.24. The number of ether oxygens (including phenoxy) is 1. The second kappa shape index (κ2) is 4.42. The Bertz CT molecular complexity index is 161. The van der Waals surface area contributed by atoms with Crippen LogP contribution in [0.3, 0.4) is 0 Å². The van der Waals surface area contributed by atoms with Gasteiger partial charge in [-0.1, -0.05) is 0 Å². The molecular weight excluding hydrogens is 156 g/mol. The standard InChI is InChI=1S/C8H16N2O2/c1-2-12-6-8(11)10-5-3-4-7(10)9/h7H,2-6,9H2,1H3. The van der Waals surface area contributed by atoms with Gasteiger partial charge in [-0.25, -0.2) is 0 Å². The van der Waals surface area contributed by atoms with Crippen LogP contribution < -0.4 is 5.73 Å². The van der Waals surface area contributed by atoms with Crippen LogP contribution in [0.15, 0.2) is 0 Å². The van der Waals surface area contributed by atoms with Crippen molar-refractivity contribution in [2.24, 2.45) is 5.73 Å². The second-order valence-corrected chi connectivity index (χ2v) is 2.93. The van der Waals surface area contributed by atoms with E-state index >= 15 is 0 Å². The number of rotatable bonds is 3. The van der Waals surface area contributed by atoms with E-state index in [0.29, 0.717) is 6.61 Å². The van der Waals surface area contributed by atoms with E-state index in [1.807, 2.05) is 6.92 Å². The molecule has 4 heteroatoms. The van der Waals surface area contributed by atoms with E-state index in [0.717, 1.165) is 19.4 Å². The molecule has 12 heavy (non-hydrogen) atoms. The highest BCUT2D eigenvalue weighted by molar-refractivity contribution is 5.78. The number of likely N-dealkylation sites (tertiary alicyclic amines) is 1. The van der Waals surface area contributed by atoms with E-state index in [9.17, 15) is 4.79 Å². The Balaban J connectivity index is 2.30. The summed E-state index contributed by atoms with van der Waals surface area (Å²) in [5.41, 5.74) is 5.70. The topological polar surface area (TPSA) is 55.6 Å². The predicted octanol–water partition coefficient (Wildman–Crippen LogP) is -0.0699. The number of hydrogen-bond acceptors (Lipinski definition) is 3. The average molecular weight is 172 g/mol. The monoisotopic (exact) mass is 172 g/mol. The van der Waals surface area contributed by atoms with Gasteiger partial charge in [0.15, 0.2) is 0 Å². The zero-order chi connectivity index (χ0) is 8.97. The van der Waals surface area contributed by atoms with Crippen molar-refractivity contribution >= 4 is 5.91 Å². The molecule has 70 valence electrons. The predicted molar refractivity (Wildman–Crippen MR) is 45.4 cm³/mol. The summed E-state index contributed by atoms with van der Waals surface area (Å²) in [6, 6.07) is 0. The SMILES string of the molecule is CCOCC(=O)N1CCCC1N. The maximum Gasteiger partial charge on any atom is 0.249 e. The summed E-state index contributed by atoms with van der Waals surface area (Å²) in [6.07, 6.45) is 1.84. The fourth-order valence-corrected chi connectivity index (χ4v) is 1.37. The van der Waals surface area contributed by atoms with E-state index in [2.05, 4.69) is 0 Å². The molecule has 1 amide bonds. The molecule has 0 aliphatic carbocycles. The molecule has 0 radical (unpaired) electrons. The molecule has 0 saturated carbocycles. The van der Waals surface area contributed by atoms with Crippen molar-refractivity contribution in [1.82, 2.24) is 4.90 Å². The minimum Gasteiger partial charge on any atom is -0.372 e. The van der Waals surface area contributed by atoms with Crippen LogP contribution in [0.25, 0.3) is 0 Å². The van der Waals surface area contributed by atoms with Crippen LogP contribution in [-0.4, -0.2) is 36.7 Å². The summed E-state index contributed by atoms with van der Waals surface area (Å²) in [5.74, 6) is 0.0156. The minimum absolute atomic E-state index is 0.0156. The van der Waals surface area contributed by atoms with E-state index in [1.165, 1.54) is 0 Å². The molecule has 1 heterocycles. The molecule has 2 N–H and O–H groups in total. The molecule has 0 aromatic carbocycles. The van der Waals surface area contributed by atoms with Crippen LogP contribution in [0.2, 0.25) is 0 Å². The maximum absolute atomic E-state index is 11.3. The van der Waals surface area contributed by atoms with Crippen LogP contribution in [0, 0.1) is 0 Å². The van der Waals surface area contributed by atoms with Crippen molar-refractivity contribution in [3.8, 4) is 0 Å². The van der Waals surface area contributed by atoms with Crippen LogP contribution in [0.1, 0.15) is 19.8 Å². The van der Waals surface area contributed by atoms with E-state index in [4.69, 9.17) is 10.5 Å². The molecule has 0 bridgehead atoms. The summed E-state index contributed by atoms with van der Waals surface area (Å²) in [5, 5.41) is 0. The third kappa shape index (κ3) is 2.19. The fourth-order valence-electron chi connectivity index (χ4n) is 1.37. The number of hydrogen-bond donors (Lipinski definition) is 1.